The second kappa shape index (κ2) is 5.90. The highest BCUT2D eigenvalue weighted by Gasteiger charge is 2.27. The summed E-state index contributed by atoms with van der Waals surface area (Å²) in [4.78, 5) is 21.9. The molecule has 0 bridgehead atoms. The second-order valence-corrected chi connectivity index (χ2v) is 3.93. The zero-order valence-corrected chi connectivity index (χ0v) is 10.4. The molecular weight excluding hydrogens is 269 g/mol. The molecule has 0 aromatic heterocycles. The van der Waals surface area contributed by atoms with Crippen LogP contribution in [-0.2, 0) is 9.53 Å². The maximum Gasteiger partial charge on any atom is 0.379 e. The zero-order valence-electron chi connectivity index (χ0n) is 9.55. The number of esters is 1. The fourth-order valence-corrected chi connectivity index (χ4v) is 1.76. The van der Waals surface area contributed by atoms with Crippen molar-refractivity contribution in [3.05, 3.63) is 29.1 Å². The molecule has 0 spiro atoms. The fraction of sp³-hybridized carbons (Fsp3) is 0.273. The van der Waals surface area contributed by atoms with Gasteiger partial charge in [-0.2, -0.15) is 0 Å². The minimum atomic E-state index is -1.56. The lowest BCUT2D eigenvalue weighted by Gasteiger charge is -2.07. The van der Waals surface area contributed by atoms with Crippen LogP contribution in [0.2, 0.25) is 0 Å². The molecule has 0 N–H and O–H groups in total. The first-order valence-electron chi connectivity index (χ1n) is 4.86. The number of benzene rings is 1. The van der Waals surface area contributed by atoms with Gasteiger partial charge in [-0.15, -0.1) is 11.8 Å². The number of carbonyl (C=O) groups excluding carboxylic acids is 2. The summed E-state index contributed by atoms with van der Waals surface area (Å²) in [7, 11) is 0. The van der Waals surface area contributed by atoms with Crippen LogP contribution in [0, 0.1) is 17.5 Å². The van der Waals surface area contributed by atoms with E-state index >= 15 is 0 Å². The normalized spacial score (nSPS) is 10.3. The van der Waals surface area contributed by atoms with Crippen LogP contribution in [0.15, 0.2) is 11.0 Å². The molecule has 0 radical (unpaired) electrons. The molecule has 0 aliphatic rings. The number of hydrogen-bond donors (Lipinski definition) is 0. The van der Waals surface area contributed by atoms with Crippen molar-refractivity contribution in [2.75, 3.05) is 12.9 Å². The number of halogens is 3. The standard InChI is InChI=1S/C11H9F3O3S/c1-3-17-11(16)9(15)5-4-6(12)10(18-2)8(14)7(5)13/h4H,3H2,1-2H3. The van der Waals surface area contributed by atoms with Crippen molar-refractivity contribution >= 4 is 23.5 Å². The molecule has 0 heterocycles. The molecule has 1 aromatic carbocycles. The van der Waals surface area contributed by atoms with Gasteiger partial charge < -0.3 is 4.74 Å². The SMILES string of the molecule is CCOC(=O)C(=O)c1cc(F)c(SC)c(F)c1F. The third kappa shape index (κ3) is 2.66. The third-order valence-electron chi connectivity index (χ3n) is 2.03. The van der Waals surface area contributed by atoms with Crippen molar-refractivity contribution < 1.29 is 27.5 Å². The summed E-state index contributed by atoms with van der Waals surface area (Å²) in [5.74, 6) is -6.92. The van der Waals surface area contributed by atoms with Crippen molar-refractivity contribution in [1.82, 2.24) is 0 Å². The largest absolute Gasteiger partial charge is 0.460 e. The molecule has 0 unspecified atom stereocenters. The fourth-order valence-electron chi connectivity index (χ4n) is 1.24. The number of ether oxygens (including phenoxy) is 1. The van der Waals surface area contributed by atoms with Gasteiger partial charge in [0.25, 0.3) is 5.78 Å². The van der Waals surface area contributed by atoms with E-state index in [1.807, 2.05) is 0 Å². The number of carbonyl (C=O) groups is 2. The van der Waals surface area contributed by atoms with Gasteiger partial charge in [0.15, 0.2) is 11.6 Å². The van der Waals surface area contributed by atoms with Crippen molar-refractivity contribution in [2.24, 2.45) is 0 Å². The van der Waals surface area contributed by atoms with Gasteiger partial charge >= 0.3 is 5.97 Å². The number of rotatable bonds is 4. The smallest absolute Gasteiger partial charge is 0.379 e. The Kier molecular flexibility index (Phi) is 4.77. The topological polar surface area (TPSA) is 43.4 Å². The van der Waals surface area contributed by atoms with Crippen LogP contribution in [0.4, 0.5) is 13.2 Å². The van der Waals surface area contributed by atoms with Crippen LogP contribution in [-0.4, -0.2) is 24.6 Å². The number of thioether (sulfide) groups is 1. The number of ketones is 1. The lowest BCUT2D eigenvalue weighted by Crippen LogP contribution is -2.20. The predicted octanol–water partition coefficient (Wildman–Crippen LogP) is 2.57. The van der Waals surface area contributed by atoms with Crippen molar-refractivity contribution in [3.63, 3.8) is 0 Å². The first kappa shape index (κ1) is 14.6. The van der Waals surface area contributed by atoms with E-state index < -0.39 is 39.7 Å². The van der Waals surface area contributed by atoms with Gasteiger partial charge in [0, 0.05) is 0 Å². The molecule has 0 saturated carbocycles. The molecule has 3 nitrogen and oxygen atoms in total. The lowest BCUT2D eigenvalue weighted by molar-refractivity contribution is -0.137. The van der Waals surface area contributed by atoms with Gasteiger partial charge in [0.2, 0.25) is 0 Å². The van der Waals surface area contributed by atoms with E-state index in [1.54, 1.807) is 0 Å². The van der Waals surface area contributed by atoms with E-state index in [0.717, 1.165) is 0 Å². The Morgan fingerprint density at radius 2 is 1.89 bits per heavy atom. The predicted molar refractivity (Wildman–Crippen MR) is 59.1 cm³/mol. The summed E-state index contributed by atoms with van der Waals surface area (Å²) in [5.41, 5.74) is -0.971. The molecule has 0 aliphatic heterocycles. The molecule has 18 heavy (non-hydrogen) atoms. The molecule has 0 saturated heterocycles. The highest BCUT2D eigenvalue weighted by atomic mass is 32.2. The zero-order chi connectivity index (χ0) is 13.9. The number of Topliss-reactive ketones (excluding diaryl/α,β-unsaturated/α-hetero) is 1. The Hall–Kier alpha value is -1.50. The van der Waals surface area contributed by atoms with E-state index in [4.69, 9.17) is 0 Å². The van der Waals surface area contributed by atoms with E-state index in [-0.39, 0.29) is 6.61 Å². The summed E-state index contributed by atoms with van der Waals surface area (Å²) >= 11 is 0.658. The molecule has 98 valence electrons. The highest BCUT2D eigenvalue weighted by Crippen LogP contribution is 2.27. The van der Waals surface area contributed by atoms with Gasteiger partial charge in [-0.25, -0.2) is 18.0 Å². The van der Waals surface area contributed by atoms with Gasteiger partial charge in [-0.3, -0.25) is 4.79 Å². The number of hydrogen-bond acceptors (Lipinski definition) is 4. The third-order valence-corrected chi connectivity index (χ3v) is 2.81. The van der Waals surface area contributed by atoms with Crippen molar-refractivity contribution in [1.29, 1.82) is 0 Å². The van der Waals surface area contributed by atoms with E-state index in [0.29, 0.717) is 17.8 Å². The molecular formula is C11H9F3O3S. The second-order valence-electron chi connectivity index (χ2n) is 3.12. The quantitative estimate of drug-likeness (QED) is 0.279. The Morgan fingerprint density at radius 3 is 2.39 bits per heavy atom. The molecule has 0 aliphatic carbocycles. The summed E-state index contributed by atoms with van der Waals surface area (Å²) in [6.45, 7) is 1.35. The Labute approximate surface area is 105 Å². The van der Waals surface area contributed by atoms with Crippen molar-refractivity contribution in [3.8, 4) is 0 Å². The Morgan fingerprint density at radius 1 is 1.28 bits per heavy atom. The Bertz CT molecular complexity index is 503. The van der Waals surface area contributed by atoms with Gasteiger partial charge in [-0.1, -0.05) is 0 Å². The minimum absolute atomic E-state index is 0.0972. The summed E-state index contributed by atoms with van der Waals surface area (Å²) in [5, 5.41) is 0. The molecule has 0 amide bonds. The maximum absolute atomic E-state index is 13.5. The highest BCUT2D eigenvalue weighted by molar-refractivity contribution is 7.98. The summed E-state index contributed by atoms with van der Waals surface area (Å²) in [6, 6.07) is 0.490. The molecule has 1 aromatic rings. The van der Waals surface area contributed by atoms with Crippen LogP contribution in [0.25, 0.3) is 0 Å². The van der Waals surface area contributed by atoms with E-state index in [9.17, 15) is 22.8 Å². The molecule has 0 fully saturated rings. The lowest BCUT2D eigenvalue weighted by atomic mass is 10.1. The summed E-state index contributed by atoms with van der Waals surface area (Å²) < 4.78 is 44.6. The van der Waals surface area contributed by atoms with Crippen LogP contribution in [0.5, 0.6) is 0 Å². The van der Waals surface area contributed by atoms with Gasteiger partial charge in [0.1, 0.15) is 5.82 Å². The Balaban J connectivity index is 3.27. The first-order valence-corrected chi connectivity index (χ1v) is 6.09. The molecule has 1 rings (SSSR count). The average Bonchev–Trinajstić information content (AvgIpc) is 2.34. The van der Waals surface area contributed by atoms with Crippen LogP contribution < -0.4 is 0 Å². The van der Waals surface area contributed by atoms with E-state index in [2.05, 4.69) is 4.74 Å². The summed E-state index contributed by atoms with van der Waals surface area (Å²) in [6.07, 6.45) is 1.35. The van der Waals surface area contributed by atoms with Gasteiger partial charge in [0.05, 0.1) is 17.1 Å². The molecule has 0 atom stereocenters. The van der Waals surface area contributed by atoms with Crippen LogP contribution in [0.1, 0.15) is 17.3 Å². The molecule has 7 heteroatoms. The maximum atomic E-state index is 13.5. The average molecular weight is 278 g/mol. The van der Waals surface area contributed by atoms with E-state index in [1.165, 1.54) is 13.2 Å². The van der Waals surface area contributed by atoms with Crippen molar-refractivity contribution in [2.45, 2.75) is 11.8 Å². The van der Waals surface area contributed by atoms with Crippen LogP contribution in [0.3, 0.4) is 0 Å². The first-order chi connectivity index (χ1) is 8.43. The van der Waals surface area contributed by atoms with Gasteiger partial charge in [-0.05, 0) is 19.2 Å². The monoisotopic (exact) mass is 278 g/mol. The van der Waals surface area contributed by atoms with Crippen LogP contribution >= 0.6 is 11.8 Å². The minimum Gasteiger partial charge on any atom is -0.460 e.